The molecule has 6 heteroatoms. The predicted octanol–water partition coefficient (Wildman–Crippen LogP) is 2.87. The Morgan fingerprint density at radius 2 is 1.55 bits per heavy atom. The monoisotopic (exact) mass is 670 g/mol. The zero-order chi connectivity index (χ0) is 25.0. The second kappa shape index (κ2) is 12.2. The number of benzene rings is 4. The van der Waals surface area contributed by atoms with Gasteiger partial charge in [-0.15, -0.1) is 0 Å². The second-order valence-corrected chi connectivity index (χ2v) is 25.6. The van der Waals surface area contributed by atoms with Gasteiger partial charge in [0.05, 0.1) is 0 Å². The minimum atomic E-state index is -0.635. The van der Waals surface area contributed by atoms with Crippen molar-refractivity contribution in [3.63, 3.8) is 0 Å². The van der Waals surface area contributed by atoms with Crippen LogP contribution in [0, 0.1) is 0 Å². The maximum atomic E-state index is 6.42. The first-order valence-electron chi connectivity index (χ1n) is 12.7. The van der Waals surface area contributed by atoms with Crippen molar-refractivity contribution in [1.29, 1.82) is 0 Å². The summed E-state index contributed by atoms with van der Waals surface area (Å²) < 4.78 is 1.72. The van der Waals surface area contributed by atoms with Crippen LogP contribution in [0.3, 0.4) is 0 Å². The molecular formula is C32H28Cl4SiZr. The van der Waals surface area contributed by atoms with Gasteiger partial charge < -0.3 is 24.8 Å². The number of fused-ring (bicyclic) bond motifs is 4. The van der Waals surface area contributed by atoms with Crippen molar-refractivity contribution in [2.45, 2.75) is 38.8 Å². The minimum absolute atomic E-state index is 0. The summed E-state index contributed by atoms with van der Waals surface area (Å²) >= 11 is 12.2. The summed E-state index contributed by atoms with van der Waals surface area (Å²) in [6, 6.07) is 26.6. The fourth-order valence-electron chi connectivity index (χ4n) is 6.07. The van der Waals surface area contributed by atoms with Crippen LogP contribution < -0.4 is 28.1 Å². The van der Waals surface area contributed by atoms with Gasteiger partial charge in [0.15, 0.2) is 0 Å². The largest absolute Gasteiger partial charge is 1.00 e. The van der Waals surface area contributed by atoms with E-state index in [1.165, 1.54) is 39.0 Å². The van der Waals surface area contributed by atoms with E-state index in [-0.39, 0.29) is 24.8 Å². The van der Waals surface area contributed by atoms with Crippen LogP contribution in [0.15, 0.2) is 78.4 Å². The molecule has 38 heavy (non-hydrogen) atoms. The normalized spacial score (nSPS) is 14.6. The van der Waals surface area contributed by atoms with Gasteiger partial charge in [-0.25, -0.2) is 0 Å². The van der Waals surface area contributed by atoms with Crippen molar-refractivity contribution in [2.75, 3.05) is 0 Å². The van der Waals surface area contributed by atoms with E-state index in [0.717, 1.165) is 18.4 Å². The van der Waals surface area contributed by atoms with E-state index < -0.39 is 28.3 Å². The van der Waals surface area contributed by atoms with E-state index in [0.29, 0.717) is 16.0 Å². The van der Waals surface area contributed by atoms with Crippen molar-refractivity contribution < 1.29 is 47.2 Å². The standard InChI is InChI=1S/C30H21Cl2.C2H7Si.2ClH.Zr/c1-2-18-15-28-24(20-13-21(31)17-22(32)14-20)9-5-11-26(28)30(18)27-12-6-10-25-23-8-4-3-7-19(23)16-29(25)27;1-3-2;;;/h3-11,13-15,17,30H,2,16H2,1H3;3H,1-2H3;2*1H;/q;;;;+2/p-2. The third-order valence-corrected chi connectivity index (χ3v) is 16.4. The van der Waals surface area contributed by atoms with Crippen LogP contribution in [-0.4, -0.2) is 5.92 Å². The van der Waals surface area contributed by atoms with E-state index in [2.05, 4.69) is 80.7 Å². The molecule has 0 saturated carbocycles. The van der Waals surface area contributed by atoms with Gasteiger partial charge >= 0.3 is 238 Å². The molecule has 0 aromatic heterocycles. The van der Waals surface area contributed by atoms with Crippen LogP contribution in [-0.2, 0) is 28.8 Å². The molecule has 0 nitrogen and oxygen atoms in total. The zero-order valence-electron chi connectivity index (χ0n) is 21.6. The van der Waals surface area contributed by atoms with Crippen molar-refractivity contribution >= 4 is 38.5 Å². The van der Waals surface area contributed by atoms with Gasteiger partial charge in [0, 0.05) is 0 Å². The molecule has 0 radical (unpaired) electrons. The summed E-state index contributed by atoms with van der Waals surface area (Å²) in [7, 11) is 0. The summed E-state index contributed by atoms with van der Waals surface area (Å²) in [5.74, 6) is -0.295. The number of allylic oxidation sites excluding steroid dienone is 1. The van der Waals surface area contributed by atoms with E-state index in [1.54, 1.807) is 14.4 Å². The van der Waals surface area contributed by atoms with Gasteiger partial charge in [0.2, 0.25) is 0 Å². The number of rotatable bonds is 5. The summed E-state index contributed by atoms with van der Waals surface area (Å²) in [5.41, 5.74) is 14.2. The Morgan fingerprint density at radius 1 is 0.842 bits per heavy atom. The molecule has 2 aliphatic carbocycles. The first kappa shape index (κ1) is 29.9. The molecule has 4 aromatic rings. The molecule has 0 aliphatic heterocycles. The molecule has 0 amide bonds. The first-order valence-corrected chi connectivity index (χ1v) is 21.9. The Balaban J connectivity index is 0.00000168. The van der Waals surface area contributed by atoms with Crippen LogP contribution in [0.25, 0.3) is 28.3 Å². The number of halogens is 4. The van der Waals surface area contributed by atoms with Crippen molar-refractivity contribution in [3.8, 4) is 22.3 Å². The molecule has 1 atom stereocenters. The van der Waals surface area contributed by atoms with Gasteiger partial charge in [-0.1, -0.05) is 0 Å². The Labute approximate surface area is 260 Å². The zero-order valence-corrected chi connectivity index (χ0v) is 28.2. The maximum Gasteiger partial charge on any atom is -1.00 e. The summed E-state index contributed by atoms with van der Waals surface area (Å²) in [5, 5.41) is 1.36. The van der Waals surface area contributed by atoms with E-state index in [4.69, 9.17) is 23.2 Å². The Bertz CT molecular complexity index is 1520. The second-order valence-electron chi connectivity index (χ2n) is 10.2. The van der Waals surface area contributed by atoms with Gasteiger partial charge in [-0.2, -0.15) is 0 Å². The predicted molar refractivity (Wildman–Crippen MR) is 155 cm³/mol. The average molecular weight is 674 g/mol. The number of hydrogen-bond acceptors (Lipinski definition) is 0. The van der Waals surface area contributed by atoms with Crippen molar-refractivity contribution in [2.24, 2.45) is 0 Å². The molecular weight excluding hydrogens is 645 g/mol. The molecule has 4 aromatic carbocycles. The smallest absolute Gasteiger partial charge is 1.00 e. The Hall–Kier alpha value is -1.12. The van der Waals surface area contributed by atoms with Gasteiger partial charge in [0.25, 0.3) is 0 Å². The van der Waals surface area contributed by atoms with E-state index >= 15 is 0 Å². The minimum Gasteiger partial charge on any atom is -1.00 e. The third kappa shape index (κ3) is 5.30. The summed E-state index contributed by atoms with van der Waals surface area (Å²) in [6.07, 6.45) is 4.57. The molecule has 1 unspecified atom stereocenters. The molecule has 192 valence electrons. The Kier molecular flexibility index (Phi) is 9.56. The van der Waals surface area contributed by atoms with Crippen LogP contribution in [0.5, 0.6) is 0 Å². The SMILES string of the molecule is CCC1=Cc2c(-c3cc(Cl)cc(Cl)c3)cccc2C1c1[c]([Zr+2][SiH](C)C)ccc2c1Cc1ccccc1-2.[Cl-].[Cl-]. The molecule has 0 bridgehead atoms. The van der Waals surface area contributed by atoms with Crippen LogP contribution in [0.2, 0.25) is 23.1 Å². The third-order valence-electron chi connectivity index (χ3n) is 7.50. The molecule has 0 saturated heterocycles. The molecule has 0 N–H and O–H groups in total. The van der Waals surface area contributed by atoms with E-state index in [1.807, 2.05) is 18.2 Å². The topological polar surface area (TPSA) is 0 Å². The van der Waals surface area contributed by atoms with Crippen LogP contribution >= 0.6 is 23.2 Å². The van der Waals surface area contributed by atoms with Gasteiger partial charge in [0.1, 0.15) is 0 Å². The first-order chi connectivity index (χ1) is 17.4. The molecule has 0 fully saturated rings. The van der Waals surface area contributed by atoms with Crippen LogP contribution in [0.4, 0.5) is 0 Å². The van der Waals surface area contributed by atoms with Crippen molar-refractivity contribution in [1.82, 2.24) is 0 Å². The quantitative estimate of drug-likeness (QED) is 0.252. The van der Waals surface area contributed by atoms with Crippen LogP contribution in [0.1, 0.15) is 47.1 Å². The van der Waals surface area contributed by atoms with Gasteiger partial charge in [-0.05, 0) is 0 Å². The molecule has 0 heterocycles. The summed E-state index contributed by atoms with van der Waals surface area (Å²) in [6.45, 7) is 7.39. The number of hydrogen-bond donors (Lipinski definition) is 0. The fraction of sp³-hybridized carbons (Fsp3) is 0.188. The summed E-state index contributed by atoms with van der Waals surface area (Å²) in [4.78, 5) is 0. The molecule has 6 rings (SSSR count). The van der Waals surface area contributed by atoms with Crippen molar-refractivity contribution in [3.05, 3.63) is 116 Å². The van der Waals surface area contributed by atoms with E-state index in [9.17, 15) is 0 Å². The molecule has 2 aliphatic rings. The fourth-order valence-corrected chi connectivity index (χ4v) is 14.8. The average Bonchev–Trinajstić information content (AvgIpc) is 3.41. The maximum absolute atomic E-state index is 6.42. The molecule has 0 spiro atoms. The van der Waals surface area contributed by atoms with Gasteiger partial charge in [-0.3, -0.25) is 0 Å². The Morgan fingerprint density at radius 3 is 2.26 bits per heavy atom.